The average Bonchev–Trinajstić information content (AvgIpc) is 2.38. The fraction of sp³-hybridized carbons (Fsp3) is 0.462. The molecule has 1 aromatic rings. The summed E-state index contributed by atoms with van der Waals surface area (Å²) in [7, 11) is 0. The van der Waals surface area contributed by atoms with E-state index in [0.717, 1.165) is 19.6 Å². The standard InChI is InChI=1S/C13H17ClN2O/c14-12-6-2-1-5-11(12)13(17)16-9-10-4-3-7-15-8-10/h1-2,5-6,10,15H,3-4,7-9H2,(H,16,17). The molecule has 0 saturated carbocycles. The van der Waals surface area contributed by atoms with Gasteiger partial charge in [0.1, 0.15) is 0 Å². The van der Waals surface area contributed by atoms with E-state index >= 15 is 0 Å². The lowest BCUT2D eigenvalue weighted by Gasteiger charge is -2.22. The highest BCUT2D eigenvalue weighted by atomic mass is 35.5. The largest absolute Gasteiger partial charge is 0.352 e. The van der Waals surface area contributed by atoms with Crippen LogP contribution in [0.25, 0.3) is 0 Å². The molecule has 1 saturated heterocycles. The van der Waals surface area contributed by atoms with E-state index in [9.17, 15) is 4.79 Å². The van der Waals surface area contributed by atoms with Crippen LogP contribution >= 0.6 is 11.6 Å². The fourth-order valence-electron chi connectivity index (χ4n) is 2.08. The summed E-state index contributed by atoms with van der Waals surface area (Å²) in [5.41, 5.74) is 0.554. The lowest BCUT2D eigenvalue weighted by atomic mass is 10.00. The molecule has 0 radical (unpaired) electrons. The topological polar surface area (TPSA) is 41.1 Å². The van der Waals surface area contributed by atoms with Gasteiger partial charge in [-0.15, -0.1) is 0 Å². The monoisotopic (exact) mass is 252 g/mol. The van der Waals surface area contributed by atoms with Crippen molar-refractivity contribution in [2.45, 2.75) is 12.8 Å². The second-order valence-electron chi connectivity index (χ2n) is 4.40. The van der Waals surface area contributed by atoms with Crippen LogP contribution in [0, 0.1) is 5.92 Å². The summed E-state index contributed by atoms with van der Waals surface area (Å²) in [5, 5.41) is 6.78. The number of hydrogen-bond acceptors (Lipinski definition) is 2. The molecule has 1 aromatic carbocycles. The van der Waals surface area contributed by atoms with E-state index < -0.39 is 0 Å². The van der Waals surface area contributed by atoms with Crippen molar-refractivity contribution in [3.8, 4) is 0 Å². The number of carbonyl (C=O) groups excluding carboxylic acids is 1. The van der Waals surface area contributed by atoms with Crippen molar-refractivity contribution in [3.05, 3.63) is 34.9 Å². The summed E-state index contributed by atoms with van der Waals surface area (Å²) < 4.78 is 0. The predicted molar refractivity (Wildman–Crippen MR) is 69.4 cm³/mol. The molecule has 0 spiro atoms. The van der Waals surface area contributed by atoms with Crippen LogP contribution < -0.4 is 10.6 Å². The molecule has 3 nitrogen and oxygen atoms in total. The highest BCUT2D eigenvalue weighted by Gasteiger charge is 2.15. The maximum Gasteiger partial charge on any atom is 0.252 e. The third-order valence-electron chi connectivity index (χ3n) is 3.07. The van der Waals surface area contributed by atoms with Gasteiger partial charge < -0.3 is 10.6 Å². The summed E-state index contributed by atoms with van der Waals surface area (Å²) in [6, 6.07) is 7.13. The first-order valence-electron chi connectivity index (χ1n) is 6.01. The highest BCUT2D eigenvalue weighted by molar-refractivity contribution is 6.33. The quantitative estimate of drug-likeness (QED) is 0.865. The van der Waals surface area contributed by atoms with Crippen LogP contribution in [0.5, 0.6) is 0 Å². The zero-order chi connectivity index (χ0) is 12.1. The summed E-state index contributed by atoms with van der Waals surface area (Å²) in [6.07, 6.45) is 2.36. The van der Waals surface area contributed by atoms with Gasteiger partial charge in [-0.05, 0) is 44.0 Å². The van der Waals surface area contributed by atoms with E-state index in [0.29, 0.717) is 16.5 Å². The van der Waals surface area contributed by atoms with Crippen LogP contribution in [-0.2, 0) is 0 Å². The molecular formula is C13H17ClN2O. The van der Waals surface area contributed by atoms with Crippen LogP contribution in [0.15, 0.2) is 24.3 Å². The molecule has 1 amide bonds. The van der Waals surface area contributed by atoms with E-state index in [1.807, 2.05) is 12.1 Å². The Morgan fingerprint density at radius 1 is 1.47 bits per heavy atom. The second-order valence-corrected chi connectivity index (χ2v) is 4.81. The zero-order valence-electron chi connectivity index (χ0n) is 9.71. The van der Waals surface area contributed by atoms with Gasteiger partial charge in [-0.1, -0.05) is 23.7 Å². The molecule has 1 aliphatic rings. The third kappa shape index (κ3) is 3.45. The Morgan fingerprint density at radius 2 is 2.29 bits per heavy atom. The Bertz CT molecular complexity index is 389. The zero-order valence-corrected chi connectivity index (χ0v) is 10.5. The Balaban J connectivity index is 1.87. The first-order valence-corrected chi connectivity index (χ1v) is 6.38. The van der Waals surface area contributed by atoms with Gasteiger partial charge in [0.05, 0.1) is 10.6 Å². The molecule has 2 N–H and O–H groups in total. The minimum atomic E-state index is -0.0822. The summed E-state index contributed by atoms with van der Waals surface area (Å²) in [6.45, 7) is 2.80. The van der Waals surface area contributed by atoms with Gasteiger partial charge in [0.2, 0.25) is 0 Å². The van der Waals surface area contributed by atoms with Gasteiger partial charge in [-0.3, -0.25) is 4.79 Å². The van der Waals surface area contributed by atoms with E-state index in [-0.39, 0.29) is 5.91 Å². The second kappa shape index (κ2) is 6.03. The number of piperidine rings is 1. The lowest BCUT2D eigenvalue weighted by Crippen LogP contribution is -2.38. The number of rotatable bonds is 3. The minimum absolute atomic E-state index is 0.0822. The molecular weight excluding hydrogens is 236 g/mol. The van der Waals surface area contributed by atoms with Crippen LogP contribution in [0.1, 0.15) is 23.2 Å². The number of amides is 1. The van der Waals surface area contributed by atoms with Gasteiger partial charge in [-0.25, -0.2) is 0 Å². The van der Waals surface area contributed by atoms with Crippen molar-refractivity contribution in [2.24, 2.45) is 5.92 Å². The molecule has 4 heteroatoms. The molecule has 92 valence electrons. The van der Waals surface area contributed by atoms with Gasteiger partial charge in [0.15, 0.2) is 0 Å². The smallest absolute Gasteiger partial charge is 0.252 e. The third-order valence-corrected chi connectivity index (χ3v) is 3.40. The van der Waals surface area contributed by atoms with Crippen molar-refractivity contribution in [1.82, 2.24) is 10.6 Å². The Kier molecular flexibility index (Phi) is 4.40. The molecule has 1 fully saturated rings. The van der Waals surface area contributed by atoms with Crippen molar-refractivity contribution < 1.29 is 4.79 Å². The molecule has 2 rings (SSSR count). The molecule has 0 bridgehead atoms. The van der Waals surface area contributed by atoms with Gasteiger partial charge in [-0.2, -0.15) is 0 Å². The Labute approximate surface area is 107 Å². The molecule has 17 heavy (non-hydrogen) atoms. The van der Waals surface area contributed by atoms with Gasteiger partial charge in [0.25, 0.3) is 5.91 Å². The molecule has 1 unspecified atom stereocenters. The van der Waals surface area contributed by atoms with Gasteiger partial charge >= 0.3 is 0 Å². The minimum Gasteiger partial charge on any atom is -0.352 e. The van der Waals surface area contributed by atoms with E-state index in [1.165, 1.54) is 12.8 Å². The Morgan fingerprint density at radius 3 is 3.00 bits per heavy atom. The molecule has 1 heterocycles. The molecule has 0 aliphatic carbocycles. The predicted octanol–water partition coefficient (Wildman–Crippen LogP) is 2.07. The number of nitrogens with one attached hydrogen (secondary N) is 2. The summed E-state index contributed by atoms with van der Waals surface area (Å²) >= 11 is 5.97. The molecule has 1 atom stereocenters. The van der Waals surface area contributed by atoms with Crippen LogP contribution in [0.4, 0.5) is 0 Å². The summed E-state index contributed by atoms with van der Waals surface area (Å²) in [4.78, 5) is 11.9. The number of hydrogen-bond donors (Lipinski definition) is 2. The van der Waals surface area contributed by atoms with Crippen molar-refractivity contribution in [2.75, 3.05) is 19.6 Å². The van der Waals surface area contributed by atoms with E-state index in [2.05, 4.69) is 10.6 Å². The van der Waals surface area contributed by atoms with Crippen LogP contribution in [0.2, 0.25) is 5.02 Å². The molecule has 1 aliphatic heterocycles. The number of halogens is 1. The van der Waals surface area contributed by atoms with Crippen LogP contribution in [-0.4, -0.2) is 25.5 Å². The number of carbonyl (C=O) groups is 1. The van der Waals surface area contributed by atoms with Crippen LogP contribution in [0.3, 0.4) is 0 Å². The fourth-order valence-corrected chi connectivity index (χ4v) is 2.30. The van der Waals surface area contributed by atoms with E-state index in [1.54, 1.807) is 12.1 Å². The van der Waals surface area contributed by atoms with E-state index in [4.69, 9.17) is 11.6 Å². The highest BCUT2D eigenvalue weighted by Crippen LogP contribution is 2.15. The normalized spacial score (nSPS) is 19.9. The lowest BCUT2D eigenvalue weighted by molar-refractivity contribution is 0.0945. The van der Waals surface area contributed by atoms with Crippen molar-refractivity contribution in [1.29, 1.82) is 0 Å². The number of benzene rings is 1. The van der Waals surface area contributed by atoms with Crippen molar-refractivity contribution in [3.63, 3.8) is 0 Å². The maximum atomic E-state index is 11.9. The first kappa shape index (κ1) is 12.4. The average molecular weight is 253 g/mol. The Hall–Kier alpha value is -1.06. The van der Waals surface area contributed by atoms with Gasteiger partial charge in [0, 0.05) is 6.54 Å². The summed E-state index contributed by atoms with van der Waals surface area (Å²) in [5.74, 6) is 0.455. The SMILES string of the molecule is O=C(NCC1CCCNC1)c1ccccc1Cl. The maximum absolute atomic E-state index is 11.9. The van der Waals surface area contributed by atoms with Crippen molar-refractivity contribution >= 4 is 17.5 Å². The molecule has 0 aromatic heterocycles. The first-order chi connectivity index (χ1) is 8.27.